The predicted molar refractivity (Wildman–Crippen MR) is 88.6 cm³/mol. The monoisotopic (exact) mass is 316 g/mol. The van der Waals surface area contributed by atoms with Gasteiger partial charge in [-0.3, -0.25) is 4.79 Å². The minimum absolute atomic E-state index is 0.0594. The number of nitrogens with one attached hydrogen (secondary N) is 1. The number of fused-ring (bicyclic) bond motifs is 1. The van der Waals surface area contributed by atoms with Crippen molar-refractivity contribution in [2.75, 3.05) is 26.7 Å². The van der Waals surface area contributed by atoms with E-state index in [1.54, 1.807) is 0 Å². The second-order valence-corrected chi connectivity index (χ2v) is 6.68. The molecule has 0 radical (unpaired) electrons. The van der Waals surface area contributed by atoms with Crippen LogP contribution in [-0.2, 0) is 0 Å². The van der Waals surface area contributed by atoms with Gasteiger partial charge in [-0.15, -0.1) is 0 Å². The largest absolute Gasteiger partial charge is 0.338 e. The zero-order chi connectivity index (χ0) is 16.6. The van der Waals surface area contributed by atoms with Gasteiger partial charge in [-0.1, -0.05) is 19.0 Å². The molecule has 6 heteroatoms. The molecule has 0 spiro atoms. The normalized spacial score (nSPS) is 18.3. The summed E-state index contributed by atoms with van der Waals surface area (Å²) >= 11 is 0. The first-order valence-corrected chi connectivity index (χ1v) is 8.22. The Morgan fingerprint density at radius 1 is 1.52 bits per heavy atom. The lowest BCUT2D eigenvalue weighted by Gasteiger charge is -2.17. The number of amides is 1. The van der Waals surface area contributed by atoms with Crippen LogP contribution in [0.2, 0.25) is 0 Å². The van der Waals surface area contributed by atoms with E-state index in [1.807, 2.05) is 38.8 Å². The van der Waals surface area contributed by atoms with E-state index in [0.29, 0.717) is 17.2 Å². The van der Waals surface area contributed by atoms with Crippen LogP contribution in [-0.4, -0.2) is 47.6 Å². The van der Waals surface area contributed by atoms with Crippen molar-refractivity contribution in [1.82, 2.24) is 20.4 Å². The maximum absolute atomic E-state index is 13.0. The van der Waals surface area contributed by atoms with Crippen molar-refractivity contribution in [3.05, 3.63) is 23.0 Å². The number of carbonyl (C=O) groups excluding carboxylic acids is 1. The molecule has 0 bridgehead atoms. The van der Waals surface area contributed by atoms with E-state index in [1.165, 1.54) is 0 Å². The third-order valence-corrected chi connectivity index (χ3v) is 4.44. The minimum Gasteiger partial charge on any atom is -0.338 e. The van der Waals surface area contributed by atoms with E-state index in [9.17, 15) is 4.79 Å². The first-order chi connectivity index (χ1) is 11.0. The molecule has 3 heterocycles. The molecule has 1 aliphatic heterocycles. The minimum atomic E-state index is 0.0594. The number of aryl methyl sites for hydroxylation is 1. The molecule has 1 aliphatic rings. The summed E-state index contributed by atoms with van der Waals surface area (Å²) < 4.78 is 5.36. The lowest BCUT2D eigenvalue weighted by atomic mass is 10.0. The van der Waals surface area contributed by atoms with Crippen LogP contribution in [0.1, 0.15) is 47.9 Å². The molecule has 2 aromatic rings. The zero-order valence-electron chi connectivity index (χ0n) is 14.2. The van der Waals surface area contributed by atoms with Gasteiger partial charge in [0.15, 0.2) is 0 Å². The van der Waals surface area contributed by atoms with Gasteiger partial charge in [-0.2, -0.15) is 0 Å². The van der Waals surface area contributed by atoms with Crippen LogP contribution in [0.3, 0.4) is 0 Å². The van der Waals surface area contributed by atoms with Gasteiger partial charge >= 0.3 is 0 Å². The number of hydrogen-bond acceptors (Lipinski definition) is 5. The SMILES string of the molecule is CNCC1CCN(C(=O)c2cc(C)nc3onc(C(C)C)c23)C1. The summed E-state index contributed by atoms with van der Waals surface area (Å²) in [7, 11) is 1.95. The van der Waals surface area contributed by atoms with Crippen molar-refractivity contribution in [2.24, 2.45) is 5.92 Å². The molecule has 3 rings (SSSR count). The summed E-state index contributed by atoms with van der Waals surface area (Å²) in [4.78, 5) is 19.4. The average Bonchev–Trinajstić information content (AvgIpc) is 3.12. The molecule has 1 amide bonds. The molecule has 6 nitrogen and oxygen atoms in total. The standard InChI is InChI=1S/C17H24N4O2/c1-10(2)15-14-13(7-11(3)19-16(14)23-20-15)17(22)21-6-5-12(9-21)8-18-4/h7,10,12,18H,5-6,8-9H2,1-4H3. The van der Waals surface area contributed by atoms with Crippen LogP contribution < -0.4 is 5.32 Å². The van der Waals surface area contributed by atoms with E-state index in [-0.39, 0.29) is 11.8 Å². The van der Waals surface area contributed by atoms with Crippen LogP contribution in [0.15, 0.2) is 10.6 Å². The van der Waals surface area contributed by atoms with Gasteiger partial charge in [0.25, 0.3) is 11.6 Å². The molecule has 0 saturated carbocycles. The van der Waals surface area contributed by atoms with Gasteiger partial charge in [-0.05, 0) is 44.8 Å². The number of rotatable bonds is 4. The fourth-order valence-electron chi connectivity index (χ4n) is 3.30. The summed E-state index contributed by atoms with van der Waals surface area (Å²) in [6, 6.07) is 1.86. The Morgan fingerprint density at radius 3 is 3.00 bits per heavy atom. The summed E-state index contributed by atoms with van der Waals surface area (Å²) in [6.45, 7) is 8.51. The quantitative estimate of drug-likeness (QED) is 0.937. The maximum atomic E-state index is 13.0. The highest BCUT2D eigenvalue weighted by Gasteiger charge is 2.29. The molecule has 23 heavy (non-hydrogen) atoms. The molecule has 1 N–H and O–H groups in total. The summed E-state index contributed by atoms with van der Waals surface area (Å²) in [6.07, 6.45) is 1.04. The second-order valence-electron chi connectivity index (χ2n) is 6.68. The second kappa shape index (κ2) is 6.28. The Balaban J connectivity index is 1.98. The van der Waals surface area contributed by atoms with Crippen LogP contribution in [0.4, 0.5) is 0 Å². The Bertz CT molecular complexity index is 723. The van der Waals surface area contributed by atoms with E-state index in [0.717, 1.165) is 42.8 Å². The van der Waals surface area contributed by atoms with Crippen LogP contribution in [0, 0.1) is 12.8 Å². The highest BCUT2D eigenvalue weighted by molar-refractivity contribution is 6.06. The van der Waals surface area contributed by atoms with E-state index < -0.39 is 0 Å². The fraction of sp³-hybridized carbons (Fsp3) is 0.588. The van der Waals surface area contributed by atoms with Crippen molar-refractivity contribution in [2.45, 2.75) is 33.1 Å². The van der Waals surface area contributed by atoms with E-state index in [4.69, 9.17) is 4.52 Å². The highest BCUT2D eigenvalue weighted by Crippen LogP contribution is 2.29. The molecular weight excluding hydrogens is 292 g/mol. The lowest BCUT2D eigenvalue weighted by Crippen LogP contribution is -2.30. The number of likely N-dealkylation sites (tertiary alicyclic amines) is 1. The molecule has 1 fully saturated rings. The third kappa shape index (κ3) is 2.95. The molecular formula is C17H24N4O2. The third-order valence-electron chi connectivity index (χ3n) is 4.44. The van der Waals surface area contributed by atoms with Crippen molar-refractivity contribution < 1.29 is 9.32 Å². The molecule has 0 aliphatic carbocycles. The molecule has 1 saturated heterocycles. The Hall–Kier alpha value is -1.95. The Morgan fingerprint density at radius 2 is 2.30 bits per heavy atom. The summed E-state index contributed by atoms with van der Waals surface area (Å²) in [5.74, 6) is 0.765. The number of nitrogens with zero attached hydrogens (tertiary/aromatic N) is 3. The van der Waals surface area contributed by atoms with Crippen molar-refractivity contribution in [1.29, 1.82) is 0 Å². The highest BCUT2D eigenvalue weighted by atomic mass is 16.5. The molecule has 0 aromatic carbocycles. The number of hydrogen-bond donors (Lipinski definition) is 1. The van der Waals surface area contributed by atoms with E-state index >= 15 is 0 Å². The van der Waals surface area contributed by atoms with Crippen molar-refractivity contribution >= 4 is 17.0 Å². The van der Waals surface area contributed by atoms with Gasteiger partial charge in [0.1, 0.15) is 0 Å². The smallest absolute Gasteiger partial charge is 0.259 e. The first-order valence-electron chi connectivity index (χ1n) is 8.22. The molecule has 124 valence electrons. The zero-order valence-corrected chi connectivity index (χ0v) is 14.2. The Labute approximate surface area is 136 Å². The van der Waals surface area contributed by atoms with Crippen molar-refractivity contribution in [3.8, 4) is 0 Å². The number of carbonyl (C=O) groups is 1. The molecule has 2 aromatic heterocycles. The average molecular weight is 316 g/mol. The maximum Gasteiger partial charge on any atom is 0.259 e. The van der Waals surface area contributed by atoms with Crippen LogP contribution >= 0.6 is 0 Å². The summed E-state index contributed by atoms with van der Waals surface area (Å²) in [5.41, 5.74) is 2.71. The van der Waals surface area contributed by atoms with Crippen LogP contribution in [0.25, 0.3) is 11.1 Å². The van der Waals surface area contributed by atoms with Gasteiger partial charge in [0.2, 0.25) is 0 Å². The fourth-order valence-corrected chi connectivity index (χ4v) is 3.30. The van der Waals surface area contributed by atoms with E-state index in [2.05, 4.69) is 15.5 Å². The van der Waals surface area contributed by atoms with Gasteiger partial charge < -0.3 is 14.7 Å². The number of pyridine rings is 1. The number of aromatic nitrogens is 2. The topological polar surface area (TPSA) is 71.3 Å². The van der Waals surface area contributed by atoms with Gasteiger partial charge in [0, 0.05) is 18.8 Å². The predicted octanol–water partition coefficient (Wildman–Crippen LogP) is 2.34. The van der Waals surface area contributed by atoms with Crippen LogP contribution in [0.5, 0.6) is 0 Å². The molecule has 1 unspecified atom stereocenters. The Kier molecular flexibility index (Phi) is 4.35. The first kappa shape index (κ1) is 15.9. The van der Waals surface area contributed by atoms with Gasteiger partial charge in [0.05, 0.1) is 16.6 Å². The lowest BCUT2D eigenvalue weighted by molar-refractivity contribution is 0.0789. The molecule has 1 atom stereocenters. The summed E-state index contributed by atoms with van der Waals surface area (Å²) in [5, 5.41) is 8.10. The van der Waals surface area contributed by atoms with Gasteiger partial charge in [-0.25, -0.2) is 4.98 Å². The van der Waals surface area contributed by atoms with Crippen molar-refractivity contribution in [3.63, 3.8) is 0 Å².